The Morgan fingerprint density at radius 3 is 1.39 bits per heavy atom. The Morgan fingerprint density at radius 2 is 0.968 bits per heavy atom. The summed E-state index contributed by atoms with van der Waals surface area (Å²) < 4.78 is 25.3. The van der Waals surface area contributed by atoms with Gasteiger partial charge in [-0.3, -0.25) is 0 Å². The smallest absolute Gasteiger partial charge is 0.131 e. The van der Waals surface area contributed by atoms with E-state index >= 15 is 0 Å². The lowest BCUT2D eigenvalue weighted by molar-refractivity contribution is 0.460. The summed E-state index contributed by atoms with van der Waals surface area (Å²) in [6.45, 7) is 0. The second-order valence-electron chi connectivity index (χ2n) is 6.68. The van der Waals surface area contributed by atoms with Crippen LogP contribution in [0.1, 0.15) is 11.1 Å². The van der Waals surface area contributed by atoms with Crippen LogP contribution in [0.25, 0.3) is 11.1 Å². The Hall–Kier alpha value is -4.61. The maximum atomic E-state index is 13.4. The molecule has 0 aliphatic rings. The van der Waals surface area contributed by atoms with Gasteiger partial charge in [-0.15, -0.1) is 0 Å². The topological polar surface area (TPSA) is 66.0 Å². The van der Waals surface area contributed by atoms with Gasteiger partial charge in [0.05, 0.1) is 23.3 Å². The van der Waals surface area contributed by atoms with Crippen molar-refractivity contribution in [2.75, 3.05) is 0 Å². The molecule has 0 spiro atoms. The van der Waals surface area contributed by atoms with E-state index in [0.717, 1.165) is 11.1 Å². The molecule has 0 saturated carbocycles. The van der Waals surface area contributed by atoms with E-state index in [1.54, 1.807) is 66.7 Å². The average Bonchev–Trinajstić information content (AvgIpc) is 2.80. The highest BCUT2D eigenvalue weighted by molar-refractivity contribution is 5.67. The first-order valence-electron chi connectivity index (χ1n) is 9.40. The van der Waals surface area contributed by atoms with Crippen LogP contribution >= 0.6 is 0 Å². The van der Waals surface area contributed by atoms with Crippen molar-refractivity contribution in [3.8, 4) is 46.3 Å². The fraction of sp³-hybridized carbons (Fsp3) is 0. The Morgan fingerprint density at radius 1 is 0.516 bits per heavy atom. The highest BCUT2D eigenvalue weighted by Crippen LogP contribution is 2.34. The van der Waals surface area contributed by atoms with Crippen LogP contribution < -0.4 is 9.47 Å². The van der Waals surface area contributed by atoms with Gasteiger partial charge in [-0.1, -0.05) is 12.1 Å². The van der Waals surface area contributed by atoms with Crippen molar-refractivity contribution in [2.45, 2.75) is 0 Å². The van der Waals surface area contributed by atoms with Gasteiger partial charge < -0.3 is 9.47 Å². The van der Waals surface area contributed by atoms with Gasteiger partial charge in [0.15, 0.2) is 0 Å². The molecule has 4 rings (SSSR count). The lowest BCUT2D eigenvalue weighted by Gasteiger charge is -2.13. The van der Waals surface area contributed by atoms with Crippen LogP contribution in [0.15, 0.2) is 91.0 Å². The summed E-state index contributed by atoms with van der Waals surface area (Å²) in [4.78, 5) is 0. The Bertz CT molecular complexity index is 1210. The van der Waals surface area contributed by atoms with Crippen molar-refractivity contribution in [1.29, 1.82) is 10.5 Å². The Labute approximate surface area is 179 Å². The van der Waals surface area contributed by atoms with E-state index < -0.39 is 0 Å². The zero-order valence-electron chi connectivity index (χ0n) is 16.2. The van der Waals surface area contributed by atoms with Gasteiger partial charge in [0.2, 0.25) is 0 Å². The maximum Gasteiger partial charge on any atom is 0.131 e. The van der Waals surface area contributed by atoms with E-state index in [1.165, 1.54) is 12.1 Å². The summed E-state index contributed by atoms with van der Waals surface area (Å²) in [6, 6.07) is 29.2. The summed E-state index contributed by atoms with van der Waals surface area (Å²) in [7, 11) is 0. The van der Waals surface area contributed by atoms with Gasteiger partial charge >= 0.3 is 0 Å². The Balaban J connectivity index is 1.69. The monoisotopic (exact) mass is 406 g/mol. The Kier molecular flexibility index (Phi) is 5.60. The van der Waals surface area contributed by atoms with Crippen molar-refractivity contribution >= 4 is 0 Å². The number of hydrogen-bond donors (Lipinski definition) is 0. The highest BCUT2D eigenvalue weighted by atomic mass is 19.1. The van der Waals surface area contributed by atoms with Crippen LogP contribution in [-0.2, 0) is 0 Å². The van der Waals surface area contributed by atoms with Crippen LogP contribution in [-0.4, -0.2) is 0 Å². The van der Waals surface area contributed by atoms with E-state index in [4.69, 9.17) is 20.0 Å². The van der Waals surface area contributed by atoms with Gasteiger partial charge in [-0.2, -0.15) is 10.5 Å². The van der Waals surface area contributed by atoms with E-state index in [0.29, 0.717) is 34.1 Å². The average molecular weight is 406 g/mol. The van der Waals surface area contributed by atoms with Crippen molar-refractivity contribution in [3.05, 3.63) is 108 Å². The third-order valence-electron chi connectivity index (χ3n) is 4.50. The van der Waals surface area contributed by atoms with Gasteiger partial charge in [0, 0.05) is 6.07 Å². The molecule has 0 aliphatic carbocycles. The third-order valence-corrected chi connectivity index (χ3v) is 4.50. The van der Waals surface area contributed by atoms with Gasteiger partial charge in [-0.25, -0.2) is 4.39 Å². The summed E-state index contributed by atoms with van der Waals surface area (Å²) in [5, 5.41) is 17.9. The fourth-order valence-corrected chi connectivity index (χ4v) is 2.97. The summed E-state index contributed by atoms with van der Waals surface area (Å²) in [6.07, 6.45) is 0. The number of nitriles is 2. The van der Waals surface area contributed by atoms with Crippen LogP contribution in [0.5, 0.6) is 23.0 Å². The van der Waals surface area contributed by atoms with Crippen molar-refractivity contribution in [3.63, 3.8) is 0 Å². The molecule has 4 nitrogen and oxygen atoms in total. The minimum Gasteiger partial charge on any atom is -0.457 e. The number of benzene rings is 4. The number of halogens is 1. The quantitative estimate of drug-likeness (QED) is 0.365. The zero-order valence-corrected chi connectivity index (χ0v) is 16.2. The molecule has 4 aromatic rings. The van der Waals surface area contributed by atoms with E-state index in [2.05, 4.69) is 12.1 Å². The third kappa shape index (κ3) is 4.87. The standard InChI is InChI=1S/C26H15FN2O2/c27-22-7-5-20(6-8-22)21-13-25(30-23-9-1-18(16-28)2-10-23)15-26(14-21)31-24-11-3-19(17-29)4-12-24/h1-15H. The first-order chi connectivity index (χ1) is 15.1. The van der Waals surface area contributed by atoms with Crippen molar-refractivity contribution in [1.82, 2.24) is 0 Å². The molecule has 0 radical (unpaired) electrons. The van der Waals surface area contributed by atoms with Crippen LogP contribution in [0, 0.1) is 28.5 Å². The minimum atomic E-state index is -0.317. The molecule has 0 aromatic heterocycles. The molecule has 0 N–H and O–H groups in total. The molecule has 0 heterocycles. The van der Waals surface area contributed by atoms with Crippen molar-refractivity contribution in [2.24, 2.45) is 0 Å². The molecule has 0 saturated heterocycles. The molecule has 0 aliphatic heterocycles. The zero-order chi connectivity index (χ0) is 21.6. The van der Waals surface area contributed by atoms with Gasteiger partial charge in [0.25, 0.3) is 0 Å². The normalized spacial score (nSPS) is 10.0. The largest absolute Gasteiger partial charge is 0.457 e. The number of rotatable bonds is 5. The SMILES string of the molecule is N#Cc1ccc(Oc2cc(Oc3ccc(C#N)cc3)cc(-c3ccc(F)cc3)c2)cc1. The number of nitrogens with zero attached hydrogens (tertiary/aromatic N) is 2. The van der Waals surface area contributed by atoms with E-state index in [1.807, 2.05) is 12.1 Å². The number of ether oxygens (including phenoxy) is 2. The second kappa shape index (κ2) is 8.82. The summed E-state index contributed by atoms with van der Waals surface area (Å²) >= 11 is 0. The molecule has 31 heavy (non-hydrogen) atoms. The molecular formula is C26H15FN2O2. The lowest BCUT2D eigenvalue weighted by Crippen LogP contribution is -1.90. The van der Waals surface area contributed by atoms with Crippen LogP contribution in [0.2, 0.25) is 0 Å². The summed E-state index contributed by atoms with van der Waals surface area (Å²) in [5.41, 5.74) is 2.67. The minimum absolute atomic E-state index is 0.317. The highest BCUT2D eigenvalue weighted by Gasteiger charge is 2.08. The molecule has 0 fully saturated rings. The molecule has 0 amide bonds. The predicted molar refractivity (Wildman–Crippen MR) is 114 cm³/mol. The predicted octanol–water partition coefficient (Wildman–Crippen LogP) is 6.82. The molecular weight excluding hydrogens is 391 g/mol. The van der Waals surface area contributed by atoms with Gasteiger partial charge in [0.1, 0.15) is 28.8 Å². The number of hydrogen-bond acceptors (Lipinski definition) is 4. The van der Waals surface area contributed by atoms with Crippen LogP contribution in [0.4, 0.5) is 4.39 Å². The maximum absolute atomic E-state index is 13.4. The first kappa shape index (κ1) is 19.7. The van der Waals surface area contributed by atoms with Crippen LogP contribution in [0.3, 0.4) is 0 Å². The molecule has 4 aromatic carbocycles. The lowest BCUT2D eigenvalue weighted by atomic mass is 10.0. The molecule has 0 unspecified atom stereocenters. The van der Waals surface area contributed by atoms with Gasteiger partial charge in [-0.05, 0) is 83.9 Å². The fourth-order valence-electron chi connectivity index (χ4n) is 2.97. The van der Waals surface area contributed by atoms with Crippen molar-refractivity contribution < 1.29 is 13.9 Å². The molecule has 5 heteroatoms. The van der Waals surface area contributed by atoms with E-state index in [9.17, 15) is 4.39 Å². The molecule has 0 atom stereocenters. The molecule has 148 valence electrons. The second-order valence-corrected chi connectivity index (χ2v) is 6.68. The summed E-state index contributed by atoms with van der Waals surface area (Å²) in [5.74, 6) is 1.87. The molecule has 0 bridgehead atoms. The van der Waals surface area contributed by atoms with E-state index in [-0.39, 0.29) is 5.82 Å². The first-order valence-corrected chi connectivity index (χ1v) is 9.40.